The molecule has 1 amide bonds. The van der Waals surface area contributed by atoms with Crippen LogP contribution in [0.5, 0.6) is 0 Å². The van der Waals surface area contributed by atoms with E-state index in [9.17, 15) is 9.18 Å². The number of aromatic nitrogens is 2. The van der Waals surface area contributed by atoms with Gasteiger partial charge in [-0.05, 0) is 24.6 Å². The highest BCUT2D eigenvalue weighted by molar-refractivity contribution is 7.15. The molecule has 106 valence electrons. The standard InChI is InChI=1S/C14H16FN3OS/c1-4-14(2,3)12-17-18-13(20-12)16-11(19)9-6-5-7-10(15)8-9/h5-8H,4H2,1-3H3,(H,16,18,19). The van der Waals surface area contributed by atoms with Crippen molar-refractivity contribution in [1.82, 2.24) is 10.2 Å². The van der Waals surface area contributed by atoms with Crippen molar-refractivity contribution < 1.29 is 9.18 Å². The van der Waals surface area contributed by atoms with E-state index in [1.807, 2.05) is 0 Å². The van der Waals surface area contributed by atoms with Crippen LogP contribution in [-0.2, 0) is 5.41 Å². The van der Waals surface area contributed by atoms with E-state index in [0.29, 0.717) is 5.13 Å². The Bertz CT molecular complexity index is 624. The molecule has 0 aliphatic carbocycles. The van der Waals surface area contributed by atoms with Gasteiger partial charge < -0.3 is 0 Å². The zero-order valence-corrected chi connectivity index (χ0v) is 12.4. The molecular weight excluding hydrogens is 277 g/mol. The third kappa shape index (κ3) is 3.19. The van der Waals surface area contributed by atoms with Gasteiger partial charge in [-0.1, -0.05) is 38.2 Å². The number of amides is 1. The average Bonchev–Trinajstić information content (AvgIpc) is 2.88. The second-order valence-corrected chi connectivity index (χ2v) is 6.09. The van der Waals surface area contributed by atoms with Gasteiger partial charge in [0.05, 0.1) is 0 Å². The van der Waals surface area contributed by atoms with Crippen LogP contribution in [0.1, 0.15) is 42.6 Å². The molecule has 2 aromatic rings. The first kappa shape index (κ1) is 14.6. The maximum atomic E-state index is 13.1. The van der Waals surface area contributed by atoms with Gasteiger partial charge in [-0.2, -0.15) is 0 Å². The Hall–Kier alpha value is -1.82. The molecule has 0 radical (unpaired) electrons. The lowest BCUT2D eigenvalue weighted by molar-refractivity contribution is 0.102. The van der Waals surface area contributed by atoms with Crippen LogP contribution in [0, 0.1) is 5.82 Å². The van der Waals surface area contributed by atoms with Crippen LogP contribution in [0.3, 0.4) is 0 Å². The van der Waals surface area contributed by atoms with Crippen molar-refractivity contribution in [2.45, 2.75) is 32.6 Å². The van der Waals surface area contributed by atoms with Crippen LogP contribution < -0.4 is 5.32 Å². The van der Waals surface area contributed by atoms with Crippen LogP contribution in [0.15, 0.2) is 24.3 Å². The van der Waals surface area contributed by atoms with E-state index in [0.717, 1.165) is 11.4 Å². The topological polar surface area (TPSA) is 54.9 Å². The minimum atomic E-state index is -0.442. The zero-order chi connectivity index (χ0) is 14.8. The molecular formula is C14H16FN3OS. The Labute approximate surface area is 121 Å². The van der Waals surface area contributed by atoms with Crippen molar-refractivity contribution in [2.24, 2.45) is 0 Å². The molecule has 0 aliphatic heterocycles. The van der Waals surface area contributed by atoms with Crippen molar-refractivity contribution in [1.29, 1.82) is 0 Å². The molecule has 0 atom stereocenters. The summed E-state index contributed by atoms with van der Waals surface area (Å²) in [7, 11) is 0. The Morgan fingerprint density at radius 3 is 2.80 bits per heavy atom. The number of rotatable bonds is 4. The summed E-state index contributed by atoms with van der Waals surface area (Å²) < 4.78 is 13.1. The largest absolute Gasteiger partial charge is 0.296 e. The molecule has 0 spiro atoms. The van der Waals surface area contributed by atoms with Gasteiger partial charge in [0.15, 0.2) is 0 Å². The molecule has 0 unspecified atom stereocenters. The molecule has 6 heteroatoms. The lowest BCUT2D eigenvalue weighted by atomic mass is 9.91. The summed E-state index contributed by atoms with van der Waals surface area (Å²) in [5, 5.41) is 12.0. The fraction of sp³-hybridized carbons (Fsp3) is 0.357. The minimum absolute atomic E-state index is 0.0699. The Morgan fingerprint density at radius 1 is 1.40 bits per heavy atom. The molecule has 1 heterocycles. The molecule has 1 aromatic carbocycles. The van der Waals surface area contributed by atoms with Crippen molar-refractivity contribution in [2.75, 3.05) is 5.32 Å². The molecule has 2 rings (SSSR count). The molecule has 4 nitrogen and oxygen atoms in total. The summed E-state index contributed by atoms with van der Waals surface area (Å²) in [4.78, 5) is 12.0. The molecule has 20 heavy (non-hydrogen) atoms. The van der Waals surface area contributed by atoms with Gasteiger partial charge in [0, 0.05) is 11.0 Å². The van der Waals surface area contributed by atoms with E-state index in [2.05, 4.69) is 36.3 Å². The number of nitrogens with one attached hydrogen (secondary N) is 1. The molecule has 0 saturated carbocycles. The molecule has 0 saturated heterocycles. The van der Waals surface area contributed by atoms with Crippen molar-refractivity contribution >= 4 is 22.4 Å². The van der Waals surface area contributed by atoms with Gasteiger partial charge >= 0.3 is 0 Å². The summed E-state index contributed by atoms with van der Waals surface area (Å²) in [6, 6.07) is 5.53. The SMILES string of the molecule is CCC(C)(C)c1nnc(NC(=O)c2cccc(F)c2)s1. The number of nitrogens with zero attached hydrogens (tertiary/aromatic N) is 2. The van der Waals surface area contributed by atoms with Gasteiger partial charge in [-0.15, -0.1) is 10.2 Å². The molecule has 1 aromatic heterocycles. The quantitative estimate of drug-likeness (QED) is 0.936. The summed E-state index contributed by atoms with van der Waals surface area (Å²) in [6.07, 6.45) is 0.930. The highest BCUT2D eigenvalue weighted by Gasteiger charge is 2.23. The number of halogens is 1. The van der Waals surface area contributed by atoms with Crippen molar-refractivity contribution in [3.63, 3.8) is 0 Å². The summed E-state index contributed by atoms with van der Waals surface area (Å²) >= 11 is 1.34. The first-order valence-corrected chi connectivity index (χ1v) is 7.15. The average molecular weight is 293 g/mol. The molecule has 1 N–H and O–H groups in total. The normalized spacial score (nSPS) is 11.4. The van der Waals surface area contributed by atoms with E-state index in [1.165, 1.54) is 29.5 Å². The number of hydrogen-bond acceptors (Lipinski definition) is 4. The van der Waals surface area contributed by atoms with E-state index < -0.39 is 5.82 Å². The molecule has 0 bridgehead atoms. The van der Waals surface area contributed by atoms with E-state index in [1.54, 1.807) is 6.07 Å². The number of benzene rings is 1. The highest BCUT2D eigenvalue weighted by Crippen LogP contribution is 2.31. The maximum absolute atomic E-state index is 13.1. The third-order valence-corrected chi connectivity index (χ3v) is 4.40. The van der Waals surface area contributed by atoms with Crippen LogP contribution in [0.25, 0.3) is 0 Å². The van der Waals surface area contributed by atoms with Gasteiger partial charge in [0.2, 0.25) is 5.13 Å². The van der Waals surface area contributed by atoms with Crippen LogP contribution in [0.4, 0.5) is 9.52 Å². The zero-order valence-electron chi connectivity index (χ0n) is 11.6. The van der Waals surface area contributed by atoms with E-state index in [4.69, 9.17) is 0 Å². The fourth-order valence-corrected chi connectivity index (χ4v) is 2.41. The Balaban J connectivity index is 2.13. The third-order valence-electron chi connectivity index (χ3n) is 3.20. The van der Waals surface area contributed by atoms with Crippen LogP contribution in [-0.4, -0.2) is 16.1 Å². The number of anilines is 1. The van der Waals surface area contributed by atoms with E-state index in [-0.39, 0.29) is 16.9 Å². The number of carbonyl (C=O) groups is 1. The predicted molar refractivity (Wildman–Crippen MR) is 77.6 cm³/mol. The first-order valence-electron chi connectivity index (χ1n) is 6.33. The molecule has 0 fully saturated rings. The summed E-state index contributed by atoms with van der Waals surface area (Å²) in [5.41, 5.74) is 0.191. The maximum Gasteiger partial charge on any atom is 0.257 e. The highest BCUT2D eigenvalue weighted by atomic mass is 32.1. The minimum Gasteiger partial charge on any atom is -0.296 e. The Kier molecular flexibility index (Phi) is 4.13. The van der Waals surface area contributed by atoms with Crippen LogP contribution in [0.2, 0.25) is 0 Å². The second kappa shape index (κ2) is 5.66. The summed E-state index contributed by atoms with van der Waals surface area (Å²) in [5.74, 6) is -0.829. The lowest BCUT2D eigenvalue weighted by Gasteiger charge is -2.17. The van der Waals surface area contributed by atoms with Crippen molar-refractivity contribution in [3.8, 4) is 0 Å². The Morgan fingerprint density at radius 2 is 2.15 bits per heavy atom. The van der Waals surface area contributed by atoms with Gasteiger partial charge in [-0.25, -0.2) is 4.39 Å². The fourth-order valence-electron chi connectivity index (χ4n) is 1.50. The van der Waals surface area contributed by atoms with Crippen LogP contribution >= 0.6 is 11.3 Å². The monoisotopic (exact) mass is 293 g/mol. The predicted octanol–water partition coefficient (Wildman–Crippen LogP) is 3.62. The van der Waals surface area contributed by atoms with Crippen molar-refractivity contribution in [3.05, 3.63) is 40.7 Å². The van der Waals surface area contributed by atoms with Gasteiger partial charge in [0.25, 0.3) is 5.91 Å². The van der Waals surface area contributed by atoms with Gasteiger partial charge in [0.1, 0.15) is 10.8 Å². The first-order chi connectivity index (χ1) is 9.42. The number of hydrogen-bond donors (Lipinski definition) is 1. The molecule has 0 aliphatic rings. The smallest absolute Gasteiger partial charge is 0.257 e. The number of carbonyl (C=O) groups excluding carboxylic acids is 1. The van der Waals surface area contributed by atoms with E-state index >= 15 is 0 Å². The summed E-state index contributed by atoms with van der Waals surface area (Å²) in [6.45, 7) is 6.23. The van der Waals surface area contributed by atoms with Gasteiger partial charge in [-0.3, -0.25) is 10.1 Å². The lowest BCUT2D eigenvalue weighted by Crippen LogP contribution is -2.14. The second-order valence-electron chi connectivity index (χ2n) is 5.11.